The summed E-state index contributed by atoms with van der Waals surface area (Å²) in [6.45, 7) is 3.05. The molecule has 0 amide bonds. The molecule has 0 aliphatic heterocycles. The molecule has 2 heteroatoms. The highest BCUT2D eigenvalue weighted by Crippen LogP contribution is 1.96. The van der Waals surface area contributed by atoms with Crippen LogP contribution < -0.4 is 0 Å². The summed E-state index contributed by atoms with van der Waals surface area (Å²) in [5, 5.41) is 0. The van der Waals surface area contributed by atoms with Crippen molar-refractivity contribution in [3.63, 3.8) is 0 Å². The third-order valence-corrected chi connectivity index (χ3v) is 1.31. The predicted molar refractivity (Wildman–Crippen MR) is 36.4 cm³/mol. The molecule has 0 unspecified atom stereocenters. The van der Waals surface area contributed by atoms with E-state index in [1.54, 1.807) is 0 Å². The molecule has 0 rings (SSSR count). The second kappa shape index (κ2) is 6.84. The topological polar surface area (TPSA) is 0 Å². The molecule has 0 saturated heterocycles. The Balaban J connectivity index is 2.79. The van der Waals surface area contributed by atoms with Gasteiger partial charge in [0.1, 0.15) is 0 Å². The van der Waals surface area contributed by atoms with Gasteiger partial charge in [0.25, 0.3) is 0 Å². The predicted octanol–water partition coefficient (Wildman–Crippen LogP) is 1.53. The monoisotopic (exact) mass is 131 g/mol. The van der Waals surface area contributed by atoms with E-state index in [-0.39, 0.29) is 6.67 Å². The molecule has 0 N–H and O–H groups in total. The summed E-state index contributed by atoms with van der Waals surface area (Å²) >= 11 is 1.49. The first-order valence-corrected chi connectivity index (χ1v) is 3.46. The molecule has 0 aromatic carbocycles. The maximum atomic E-state index is 11.3. The lowest BCUT2D eigenvalue weighted by molar-refractivity contribution is 0.533. The Morgan fingerprint density at radius 2 is 2.38 bits per heavy atom. The van der Waals surface area contributed by atoms with Gasteiger partial charge in [0.05, 0.1) is 12.4 Å². The second-order valence-electron chi connectivity index (χ2n) is 1.10. The minimum absolute atomic E-state index is 0.260. The molecule has 0 aliphatic carbocycles. The second-order valence-corrected chi connectivity index (χ2v) is 2.20. The zero-order valence-corrected chi connectivity index (χ0v) is 5.43. The molecule has 0 heterocycles. The van der Waals surface area contributed by atoms with Crippen LogP contribution in [0.25, 0.3) is 0 Å². The number of rotatable bonds is 3. The lowest BCUT2D eigenvalue weighted by atomic mass is 10.7. The van der Waals surface area contributed by atoms with Crippen LogP contribution in [-0.2, 0) is 0 Å². The van der Waals surface area contributed by atoms with E-state index >= 15 is 0 Å². The van der Waals surface area contributed by atoms with Crippen molar-refractivity contribution >= 4 is 11.8 Å². The lowest BCUT2D eigenvalue weighted by Crippen LogP contribution is -1.80. The molecule has 0 aliphatic rings. The maximum Gasteiger partial charge on any atom is 0.0985 e. The van der Waals surface area contributed by atoms with Gasteiger partial charge in [-0.25, -0.2) is 0 Å². The van der Waals surface area contributed by atoms with Crippen LogP contribution in [0.5, 0.6) is 0 Å². The zero-order valence-electron chi connectivity index (χ0n) is 4.61. The number of alkyl halides is 1. The SMILES string of the molecule is [CH2]C#CCSCCF. The molecular weight excluding hydrogens is 123 g/mol. The molecule has 0 saturated carbocycles. The van der Waals surface area contributed by atoms with Gasteiger partial charge in [-0.3, -0.25) is 4.39 Å². The average molecular weight is 131 g/mol. The Hall–Kier alpha value is -0.160. The molecule has 45 valence electrons. The molecule has 0 nitrogen and oxygen atoms in total. The van der Waals surface area contributed by atoms with Crippen molar-refractivity contribution in [2.24, 2.45) is 0 Å². The Morgan fingerprint density at radius 3 is 2.88 bits per heavy atom. The van der Waals surface area contributed by atoms with Crippen LogP contribution in [0.1, 0.15) is 0 Å². The molecule has 0 bridgehead atoms. The molecule has 0 atom stereocenters. The van der Waals surface area contributed by atoms with E-state index in [9.17, 15) is 4.39 Å². The number of hydrogen-bond acceptors (Lipinski definition) is 1. The summed E-state index contributed by atoms with van der Waals surface area (Å²) in [6, 6.07) is 0. The van der Waals surface area contributed by atoms with Gasteiger partial charge < -0.3 is 0 Å². The van der Waals surface area contributed by atoms with Gasteiger partial charge in [-0.1, -0.05) is 5.92 Å². The molecule has 0 fully saturated rings. The fourth-order valence-electron chi connectivity index (χ4n) is 0.229. The summed E-state index contributed by atoms with van der Waals surface area (Å²) in [5.74, 6) is 6.45. The smallest absolute Gasteiger partial charge is 0.0985 e. The van der Waals surface area contributed by atoms with Crippen LogP contribution in [0.3, 0.4) is 0 Å². The summed E-state index contributed by atoms with van der Waals surface area (Å²) in [5.41, 5.74) is 0. The van der Waals surface area contributed by atoms with Crippen molar-refractivity contribution < 1.29 is 4.39 Å². The van der Waals surface area contributed by atoms with Crippen LogP contribution in [0.2, 0.25) is 0 Å². The first-order chi connectivity index (χ1) is 3.91. The molecule has 0 spiro atoms. The van der Waals surface area contributed by atoms with E-state index in [1.165, 1.54) is 11.8 Å². The molecule has 0 aromatic heterocycles. The summed E-state index contributed by atoms with van der Waals surface area (Å²) in [6.07, 6.45) is 0. The first kappa shape index (κ1) is 7.84. The van der Waals surface area contributed by atoms with E-state index < -0.39 is 0 Å². The van der Waals surface area contributed by atoms with Crippen molar-refractivity contribution in [1.82, 2.24) is 0 Å². The number of halogens is 1. The number of thioether (sulfide) groups is 1. The van der Waals surface area contributed by atoms with Gasteiger partial charge in [-0.2, -0.15) is 0 Å². The summed E-state index contributed by atoms with van der Waals surface area (Å²) < 4.78 is 11.3. The Kier molecular flexibility index (Phi) is 6.70. The average Bonchev–Trinajstić information content (AvgIpc) is 1.81. The van der Waals surface area contributed by atoms with E-state index in [0.29, 0.717) is 11.5 Å². The van der Waals surface area contributed by atoms with Gasteiger partial charge in [0.15, 0.2) is 0 Å². The quantitative estimate of drug-likeness (QED) is 0.413. The fourth-order valence-corrected chi connectivity index (χ4v) is 0.686. The van der Waals surface area contributed by atoms with Crippen molar-refractivity contribution in [1.29, 1.82) is 0 Å². The lowest BCUT2D eigenvalue weighted by Gasteiger charge is -1.85. The third-order valence-electron chi connectivity index (χ3n) is 0.521. The third kappa shape index (κ3) is 5.84. The Morgan fingerprint density at radius 1 is 1.62 bits per heavy atom. The minimum Gasteiger partial charge on any atom is -0.250 e. The van der Waals surface area contributed by atoms with E-state index in [1.807, 2.05) is 0 Å². The van der Waals surface area contributed by atoms with E-state index in [4.69, 9.17) is 0 Å². The zero-order chi connectivity index (χ0) is 6.24. The van der Waals surface area contributed by atoms with E-state index in [2.05, 4.69) is 18.8 Å². The molecule has 1 radical (unpaired) electrons. The van der Waals surface area contributed by atoms with Crippen molar-refractivity contribution in [3.05, 3.63) is 6.92 Å². The largest absolute Gasteiger partial charge is 0.250 e. The van der Waals surface area contributed by atoms with Crippen molar-refractivity contribution in [2.75, 3.05) is 18.2 Å². The Bertz CT molecular complexity index is 90.4. The van der Waals surface area contributed by atoms with E-state index in [0.717, 1.165) is 0 Å². The van der Waals surface area contributed by atoms with Crippen molar-refractivity contribution in [3.8, 4) is 11.8 Å². The summed E-state index contributed by atoms with van der Waals surface area (Å²) in [4.78, 5) is 0. The van der Waals surface area contributed by atoms with Crippen molar-refractivity contribution in [2.45, 2.75) is 0 Å². The van der Waals surface area contributed by atoms with Gasteiger partial charge in [0.2, 0.25) is 0 Å². The molecule has 8 heavy (non-hydrogen) atoms. The van der Waals surface area contributed by atoms with Crippen LogP contribution in [0.15, 0.2) is 0 Å². The van der Waals surface area contributed by atoms with Gasteiger partial charge in [0, 0.05) is 12.7 Å². The minimum atomic E-state index is -0.260. The first-order valence-electron chi connectivity index (χ1n) is 2.30. The van der Waals surface area contributed by atoms with Crippen LogP contribution in [0.4, 0.5) is 4.39 Å². The highest BCUT2D eigenvalue weighted by Gasteiger charge is 1.80. The molecular formula is C6H8FS. The number of hydrogen-bond donors (Lipinski definition) is 0. The van der Waals surface area contributed by atoms with Crippen LogP contribution in [-0.4, -0.2) is 18.2 Å². The Labute approximate surface area is 53.9 Å². The maximum absolute atomic E-state index is 11.3. The molecule has 0 aromatic rings. The van der Waals surface area contributed by atoms with Gasteiger partial charge in [-0.05, 0) is 0 Å². The standard InChI is InChI=1S/C6H8FS/c1-2-3-5-8-6-4-7/h1,4-6H2. The normalized spacial score (nSPS) is 7.75. The van der Waals surface area contributed by atoms with Crippen LogP contribution >= 0.6 is 11.8 Å². The van der Waals surface area contributed by atoms with Gasteiger partial charge in [-0.15, -0.1) is 17.7 Å². The van der Waals surface area contributed by atoms with Gasteiger partial charge >= 0.3 is 0 Å². The summed E-state index contributed by atoms with van der Waals surface area (Å²) in [7, 11) is 0. The highest BCUT2D eigenvalue weighted by atomic mass is 32.2. The highest BCUT2D eigenvalue weighted by molar-refractivity contribution is 7.99. The van der Waals surface area contributed by atoms with Crippen LogP contribution in [0, 0.1) is 18.8 Å². The fraction of sp³-hybridized carbons (Fsp3) is 0.500.